The highest BCUT2D eigenvalue weighted by molar-refractivity contribution is 4.79. The van der Waals surface area contributed by atoms with Gasteiger partial charge in [-0.1, -0.05) is 20.8 Å². The van der Waals surface area contributed by atoms with Crippen LogP contribution in [-0.4, -0.2) is 23.9 Å². The second-order valence-electron chi connectivity index (χ2n) is 4.62. The zero-order valence-electron chi connectivity index (χ0n) is 7.63. The summed E-state index contributed by atoms with van der Waals surface area (Å²) in [7, 11) is 0. The van der Waals surface area contributed by atoms with Crippen molar-refractivity contribution in [2.75, 3.05) is 6.61 Å². The number of hydrogen-bond acceptors (Lipinski definition) is 2. The van der Waals surface area contributed by atoms with Crippen LogP contribution in [0.25, 0.3) is 0 Å². The van der Waals surface area contributed by atoms with Gasteiger partial charge in [-0.05, 0) is 18.3 Å². The van der Waals surface area contributed by atoms with Gasteiger partial charge in [0.25, 0.3) is 0 Å². The van der Waals surface area contributed by atoms with Gasteiger partial charge in [-0.2, -0.15) is 0 Å². The van der Waals surface area contributed by atoms with E-state index < -0.39 is 0 Å². The van der Waals surface area contributed by atoms with Crippen LogP contribution in [-0.2, 0) is 4.74 Å². The van der Waals surface area contributed by atoms with Crippen molar-refractivity contribution in [3.8, 4) is 0 Å². The van der Waals surface area contributed by atoms with E-state index in [0.717, 1.165) is 19.4 Å². The van der Waals surface area contributed by atoms with Crippen LogP contribution in [0.1, 0.15) is 33.6 Å². The molecule has 1 aliphatic rings. The molecule has 1 N–H and O–H groups in total. The van der Waals surface area contributed by atoms with Gasteiger partial charge >= 0.3 is 0 Å². The lowest BCUT2D eigenvalue weighted by Gasteiger charge is -2.33. The second kappa shape index (κ2) is 3.11. The SMILES string of the molecule is CC(C)(C)COC1CC(O)C1. The predicted molar refractivity (Wildman–Crippen MR) is 44.4 cm³/mol. The van der Waals surface area contributed by atoms with E-state index >= 15 is 0 Å². The maximum absolute atomic E-state index is 8.97. The van der Waals surface area contributed by atoms with E-state index in [0.29, 0.717) is 6.10 Å². The average Bonchev–Trinajstić information content (AvgIpc) is 1.75. The quantitative estimate of drug-likeness (QED) is 0.661. The molecule has 2 heteroatoms. The van der Waals surface area contributed by atoms with Gasteiger partial charge in [-0.15, -0.1) is 0 Å². The third kappa shape index (κ3) is 3.21. The maximum Gasteiger partial charge on any atom is 0.0624 e. The molecule has 0 atom stereocenters. The van der Waals surface area contributed by atoms with E-state index in [2.05, 4.69) is 20.8 Å². The zero-order valence-corrected chi connectivity index (χ0v) is 7.63. The largest absolute Gasteiger partial charge is 0.393 e. The molecule has 11 heavy (non-hydrogen) atoms. The molecule has 66 valence electrons. The Morgan fingerprint density at radius 3 is 2.27 bits per heavy atom. The van der Waals surface area contributed by atoms with Crippen LogP contribution < -0.4 is 0 Å². The molecule has 0 spiro atoms. The summed E-state index contributed by atoms with van der Waals surface area (Å²) >= 11 is 0. The van der Waals surface area contributed by atoms with Crippen molar-refractivity contribution in [2.45, 2.75) is 45.8 Å². The first-order valence-electron chi connectivity index (χ1n) is 4.27. The standard InChI is InChI=1S/C9H18O2/c1-9(2,3)6-11-8-4-7(10)5-8/h7-8,10H,4-6H2,1-3H3. The first-order chi connectivity index (χ1) is 4.97. The van der Waals surface area contributed by atoms with Crippen LogP contribution >= 0.6 is 0 Å². The Morgan fingerprint density at radius 1 is 1.36 bits per heavy atom. The fourth-order valence-electron chi connectivity index (χ4n) is 1.04. The fourth-order valence-corrected chi connectivity index (χ4v) is 1.04. The van der Waals surface area contributed by atoms with Crippen LogP contribution in [0.15, 0.2) is 0 Å². The van der Waals surface area contributed by atoms with Crippen molar-refractivity contribution in [3.63, 3.8) is 0 Å². The highest BCUT2D eigenvalue weighted by Gasteiger charge is 2.28. The lowest BCUT2D eigenvalue weighted by Crippen LogP contribution is -2.37. The Morgan fingerprint density at radius 2 is 1.91 bits per heavy atom. The molecule has 1 fully saturated rings. The van der Waals surface area contributed by atoms with E-state index in [1.165, 1.54) is 0 Å². The van der Waals surface area contributed by atoms with E-state index in [4.69, 9.17) is 9.84 Å². The summed E-state index contributed by atoms with van der Waals surface area (Å²) in [5, 5.41) is 8.97. The number of hydrogen-bond donors (Lipinski definition) is 1. The van der Waals surface area contributed by atoms with E-state index in [9.17, 15) is 0 Å². The third-order valence-electron chi connectivity index (χ3n) is 1.82. The molecule has 0 amide bonds. The minimum absolute atomic E-state index is 0.0973. The maximum atomic E-state index is 8.97. The number of aliphatic hydroxyl groups excluding tert-OH is 1. The van der Waals surface area contributed by atoms with Gasteiger partial charge in [0.1, 0.15) is 0 Å². The Hall–Kier alpha value is -0.0800. The first-order valence-corrected chi connectivity index (χ1v) is 4.27. The van der Waals surface area contributed by atoms with Crippen LogP contribution in [0.4, 0.5) is 0 Å². The molecule has 1 aliphatic carbocycles. The van der Waals surface area contributed by atoms with Gasteiger partial charge in [0.05, 0.1) is 18.8 Å². The van der Waals surface area contributed by atoms with Crippen LogP contribution in [0.3, 0.4) is 0 Å². The summed E-state index contributed by atoms with van der Waals surface area (Å²) in [5.41, 5.74) is 0.251. The Balaban J connectivity index is 2.05. The first kappa shape index (κ1) is 9.01. The molecule has 0 radical (unpaired) electrons. The molecule has 0 bridgehead atoms. The Bertz CT molecular complexity index is 120. The molecule has 0 unspecified atom stereocenters. The van der Waals surface area contributed by atoms with E-state index in [1.807, 2.05) is 0 Å². The lowest BCUT2D eigenvalue weighted by molar-refractivity contribution is -0.0886. The molecule has 0 aromatic carbocycles. The summed E-state index contributed by atoms with van der Waals surface area (Å²) in [6.07, 6.45) is 1.88. The molecule has 0 aliphatic heterocycles. The normalized spacial score (nSPS) is 31.6. The lowest BCUT2D eigenvalue weighted by atomic mass is 9.91. The molecular weight excluding hydrogens is 140 g/mol. The van der Waals surface area contributed by atoms with Crippen LogP contribution in [0.5, 0.6) is 0 Å². The smallest absolute Gasteiger partial charge is 0.0624 e. The summed E-state index contributed by atoms with van der Waals surface area (Å²) < 4.78 is 5.55. The van der Waals surface area contributed by atoms with Gasteiger partial charge in [0, 0.05) is 0 Å². The number of rotatable bonds is 2. The summed E-state index contributed by atoms with van der Waals surface area (Å²) in [5.74, 6) is 0. The minimum Gasteiger partial charge on any atom is -0.393 e. The van der Waals surface area contributed by atoms with Crippen molar-refractivity contribution in [1.29, 1.82) is 0 Å². The number of aliphatic hydroxyl groups is 1. The van der Waals surface area contributed by atoms with Crippen molar-refractivity contribution in [1.82, 2.24) is 0 Å². The van der Waals surface area contributed by atoms with Gasteiger partial charge in [-0.3, -0.25) is 0 Å². The van der Waals surface area contributed by atoms with Gasteiger partial charge in [-0.25, -0.2) is 0 Å². The summed E-state index contributed by atoms with van der Waals surface area (Å²) in [4.78, 5) is 0. The second-order valence-corrected chi connectivity index (χ2v) is 4.62. The van der Waals surface area contributed by atoms with Crippen molar-refractivity contribution in [2.24, 2.45) is 5.41 Å². The molecule has 2 nitrogen and oxygen atoms in total. The van der Waals surface area contributed by atoms with Crippen molar-refractivity contribution in [3.05, 3.63) is 0 Å². The van der Waals surface area contributed by atoms with E-state index in [1.54, 1.807) is 0 Å². The van der Waals surface area contributed by atoms with Crippen LogP contribution in [0, 0.1) is 5.41 Å². The molecule has 0 heterocycles. The summed E-state index contributed by atoms with van der Waals surface area (Å²) in [6, 6.07) is 0. The molecule has 1 saturated carbocycles. The van der Waals surface area contributed by atoms with Crippen molar-refractivity contribution < 1.29 is 9.84 Å². The highest BCUT2D eigenvalue weighted by Crippen LogP contribution is 2.25. The van der Waals surface area contributed by atoms with Crippen molar-refractivity contribution >= 4 is 0 Å². The predicted octanol–water partition coefficient (Wildman–Crippen LogP) is 1.57. The number of ether oxygens (including phenoxy) is 1. The Labute approximate surface area is 68.6 Å². The van der Waals surface area contributed by atoms with Gasteiger partial charge < -0.3 is 9.84 Å². The fraction of sp³-hybridized carbons (Fsp3) is 1.00. The van der Waals surface area contributed by atoms with Gasteiger partial charge in [0.15, 0.2) is 0 Å². The molecule has 0 aromatic rings. The summed E-state index contributed by atoms with van der Waals surface area (Å²) in [6.45, 7) is 7.26. The third-order valence-corrected chi connectivity index (χ3v) is 1.82. The Kier molecular flexibility index (Phi) is 2.55. The average molecular weight is 158 g/mol. The highest BCUT2D eigenvalue weighted by atomic mass is 16.5. The monoisotopic (exact) mass is 158 g/mol. The minimum atomic E-state index is -0.0973. The zero-order chi connectivity index (χ0) is 8.48. The molecular formula is C9H18O2. The molecule has 0 saturated heterocycles. The van der Waals surface area contributed by atoms with E-state index in [-0.39, 0.29) is 11.5 Å². The topological polar surface area (TPSA) is 29.5 Å². The molecule has 0 aromatic heterocycles. The van der Waals surface area contributed by atoms with Gasteiger partial charge in [0.2, 0.25) is 0 Å². The molecule has 1 rings (SSSR count). The van der Waals surface area contributed by atoms with Crippen LogP contribution in [0.2, 0.25) is 0 Å².